The van der Waals surface area contributed by atoms with Crippen LogP contribution in [0, 0.1) is 0 Å². The molecule has 0 aromatic carbocycles. The second kappa shape index (κ2) is 23.1. The summed E-state index contributed by atoms with van der Waals surface area (Å²) in [6, 6.07) is -3.61. The molecule has 5 fully saturated rings. The zero-order valence-corrected chi connectivity index (χ0v) is 36.0. The fourth-order valence-electron chi connectivity index (χ4n) is 8.47. The monoisotopic (exact) mass is 982 g/mol. The lowest BCUT2D eigenvalue weighted by Gasteiger charge is -2.52. The van der Waals surface area contributed by atoms with E-state index >= 15 is 0 Å². The number of aliphatic hydroxyl groups is 15. The van der Waals surface area contributed by atoms with Crippen molar-refractivity contribution in [1.82, 2.24) is 10.6 Å². The average molecular weight is 983 g/mol. The Morgan fingerprint density at radius 1 is 0.612 bits per heavy atom. The zero-order chi connectivity index (χ0) is 50.0. The number of nitrogens with one attached hydrogen (secondary N) is 2. The molecule has 0 unspecified atom stereocenters. The number of aliphatic hydroxyl groups excluding tert-OH is 15. The first-order valence-electron chi connectivity index (χ1n) is 21.1. The molecule has 5 rings (SSSR count). The van der Waals surface area contributed by atoms with Crippen LogP contribution in [-0.4, -0.2) is 285 Å². The molecule has 0 radical (unpaired) electrons. The summed E-state index contributed by atoms with van der Waals surface area (Å²) in [7, 11) is 0. The molecule has 5 heterocycles. The number of hydrogen-bond acceptors (Lipinski definition) is 27. The van der Waals surface area contributed by atoms with Crippen LogP contribution in [-0.2, 0) is 57.0 Å². The maximum Gasteiger partial charge on any atom is 0.364 e. The fraction of sp³-hybridized carbons (Fsp3) is 0.919. The van der Waals surface area contributed by atoms with Crippen molar-refractivity contribution in [2.75, 3.05) is 26.4 Å². The number of rotatable bonds is 17. The van der Waals surface area contributed by atoms with E-state index in [0.717, 1.165) is 13.8 Å². The second-order valence-electron chi connectivity index (χ2n) is 16.8. The molecule has 0 aromatic rings. The van der Waals surface area contributed by atoms with E-state index in [1.165, 1.54) is 6.92 Å². The number of carboxylic acid groups (broad SMARTS) is 1. The molecule has 2 amide bonds. The van der Waals surface area contributed by atoms with Crippen LogP contribution < -0.4 is 10.6 Å². The number of carbonyl (C=O) groups excluding carboxylic acids is 2. The normalized spacial score (nSPS) is 47.1. The van der Waals surface area contributed by atoms with Gasteiger partial charge in [0, 0.05) is 20.3 Å². The van der Waals surface area contributed by atoms with Crippen LogP contribution in [0.5, 0.6) is 0 Å². The molecule has 26 atom stereocenters. The van der Waals surface area contributed by atoms with Gasteiger partial charge in [0.1, 0.15) is 110 Å². The molecule has 5 aliphatic heterocycles. The Morgan fingerprint density at radius 2 is 1.15 bits per heavy atom. The third-order valence-corrected chi connectivity index (χ3v) is 12.1. The summed E-state index contributed by atoms with van der Waals surface area (Å²) >= 11 is 0. The van der Waals surface area contributed by atoms with Gasteiger partial charge in [0.05, 0.1) is 44.7 Å². The van der Waals surface area contributed by atoms with Crippen LogP contribution in [0.2, 0.25) is 0 Å². The van der Waals surface area contributed by atoms with Gasteiger partial charge in [-0.1, -0.05) is 0 Å². The van der Waals surface area contributed by atoms with Gasteiger partial charge in [-0.3, -0.25) is 9.59 Å². The Kier molecular flexibility index (Phi) is 19.1. The molecular formula is C37H62N2O28. The van der Waals surface area contributed by atoms with Gasteiger partial charge >= 0.3 is 5.97 Å². The third kappa shape index (κ3) is 11.8. The molecule has 0 saturated carbocycles. The van der Waals surface area contributed by atoms with Crippen LogP contribution in [0.15, 0.2) is 0 Å². The summed E-state index contributed by atoms with van der Waals surface area (Å²) in [6.07, 6.45) is -46.3. The topological polar surface area (TPSA) is 482 Å². The lowest BCUT2D eigenvalue weighted by molar-refractivity contribution is -0.400. The average Bonchev–Trinajstić information content (AvgIpc) is 3.28. The van der Waals surface area contributed by atoms with Gasteiger partial charge in [-0.2, -0.15) is 0 Å². The minimum Gasteiger partial charge on any atom is -0.477 e. The van der Waals surface area contributed by atoms with Gasteiger partial charge in [0.2, 0.25) is 11.8 Å². The van der Waals surface area contributed by atoms with Crippen molar-refractivity contribution in [3.05, 3.63) is 0 Å². The highest BCUT2D eigenvalue weighted by molar-refractivity contribution is 5.77. The van der Waals surface area contributed by atoms with E-state index in [-0.39, 0.29) is 0 Å². The predicted octanol–water partition coefficient (Wildman–Crippen LogP) is -11.4. The third-order valence-electron chi connectivity index (χ3n) is 12.1. The summed E-state index contributed by atoms with van der Waals surface area (Å²) < 4.78 is 51.8. The molecule has 30 nitrogen and oxygen atoms in total. The standard InChI is InChI=1S/C37H62N2O28/c1-9-19(48)22(51)25(54)34(59-9)65-31-26(55)28(16(8-43)62-35(31)64-27-15(7-42)60-32(56)24(53)23(27)52)63-33-18(39-11(3)45)30(21(50)14(6-41)61-33)67-37(36(57)58)4-12(46)17(38-10(2)44)29(66-37)20(49)13(47)5-40/h9,12-35,40-43,46-56H,4-8H2,1-3H3,(H,38,44)(H,39,45)(H,57,58)/t9-,12-,13+,14+,15+,16+,17+,18+,19+,20+,21-,22+,23+,24+,25-,26-,27+,28-,29+,30+,31+,32+,33-,34-,35-,37-/m0/s1. The lowest BCUT2D eigenvalue weighted by Crippen LogP contribution is -2.72. The van der Waals surface area contributed by atoms with Gasteiger partial charge in [-0.05, 0) is 6.92 Å². The summed E-state index contributed by atoms with van der Waals surface area (Å²) in [5.74, 6) is -6.99. The summed E-state index contributed by atoms with van der Waals surface area (Å²) in [5.41, 5.74) is 0. The Balaban J connectivity index is 1.53. The molecule has 0 bridgehead atoms. The maximum absolute atomic E-state index is 13.1. The van der Waals surface area contributed by atoms with Gasteiger partial charge in [0.25, 0.3) is 5.79 Å². The first-order valence-corrected chi connectivity index (χ1v) is 21.1. The Bertz CT molecular complexity index is 1640. The highest BCUT2D eigenvalue weighted by Gasteiger charge is 2.61. The highest BCUT2D eigenvalue weighted by atomic mass is 16.8. The number of hydrogen-bond donors (Lipinski definition) is 18. The molecule has 0 aromatic heterocycles. The Labute approximate surface area is 379 Å². The van der Waals surface area contributed by atoms with E-state index in [9.17, 15) is 96.1 Å². The summed E-state index contributed by atoms with van der Waals surface area (Å²) in [4.78, 5) is 38.0. The first kappa shape index (κ1) is 55.4. The SMILES string of the molecule is CC(=O)N[C@H]1[C@H](O[C@@H]2[C@H](O)[C@@H](O[C@@H]3O[C@@H](C)[C@@H](O)[C@@H](O)[C@@H]3O)[C@H](O[C@H]3[C@H](O)[C@@H](O)[C@H](O)O[C@@H]3CO)O[C@@H]2CO)O[C@H](CO)[C@H](O)[C@@H]1O[C@]1(C(=O)O)C[C@H](O)[C@@H](NC(C)=O)[C@H]([C@H](O)[C@H](O)CO)O1. The zero-order valence-electron chi connectivity index (χ0n) is 36.0. The van der Waals surface area contributed by atoms with Gasteiger partial charge < -0.3 is 135 Å². The molecule has 388 valence electrons. The Morgan fingerprint density at radius 3 is 1.72 bits per heavy atom. The van der Waals surface area contributed by atoms with Crippen molar-refractivity contribution in [3.63, 3.8) is 0 Å². The lowest BCUT2D eigenvalue weighted by atomic mass is 9.88. The molecule has 30 heteroatoms. The van der Waals surface area contributed by atoms with Crippen LogP contribution in [0.1, 0.15) is 27.2 Å². The van der Waals surface area contributed by atoms with Crippen LogP contribution in [0.4, 0.5) is 0 Å². The summed E-state index contributed by atoms with van der Waals surface area (Å²) in [5, 5.41) is 175. The van der Waals surface area contributed by atoms with Gasteiger partial charge in [-0.25, -0.2) is 4.79 Å². The number of carboxylic acids is 1. The number of carbonyl (C=O) groups is 3. The van der Waals surface area contributed by atoms with E-state index in [1.807, 2.05) is 0 Å². The largest absolute Gasteiger partial charge is 0.477 e. The fourth-order valence-corrected chi connectivity index (χ4v) is 8.47. The quantitative estimate of drug-likeness (QED) is 0.0643. The van der Waals surface area contributed by atoms with Crippen LogP contribution >= 0.6 is 0 Å². The molecular weight excluding hydrogens is 920 g/mol. The van der Waals surface area contributed by atoms with Crippen molar-refractivity contribution in [3.8, 4) is 0 Å². The molecule has 5 saturated heterocycles. The van der Waals surface area contributed by atoms with Crippen molar-refractivity contribution in [2.45, 2.75) is 186 Å². The molecule has 0 aliphatic carbocycles. The van der Waals surface area contributed by atoms with E-state index in [1.54, 1.807) is 0 Å². The van der Waals surface area contributed by atoms with Crippen molar-refractivity contribution < 1.29 is 139 Å². The van der Waals surface area contributed by atoms with Gasteiger partial charge in [-0.15, -0.1) is 0 Å². The van der Waals surface area contributed by atoms with Gasteiger partial charge in [0.15, 0.2) is 25.2 Å². The minimum absolute atomic E-state index is 0.814. The van der Waals surface area contributed by atoms with E-state index in [2.05, 4.69) is 10.6 Å². The first-order chi connectivity index (χ1) is 31.4. The van der Waals surface area contributed by atoms with Crippen LogP contribution in [0.25, 0.3) is 0 Å². The minimum atomic E-state index is -3.18. The van der Waals surface area contributed by atoms with Crippen molar-refractivity contribution >= 4 is 17.8 Å². The predicted molar refractivity (Wildman–Crippen MR) is 206 cm³/mol. The van der Waals surface area contributed by atoms with E-state index in [4.69, 9.17) is 42.6 Å². The smallest absolute Gasteiger partial charge is 0.364 e. The number of amides is 2. The Hall–Kier alpha value is -2.55. The van der Waals surface area contributed by atoms with E-state index < -0.39 is 210 Å². The van der Waals surface area contributed by atoms with Crippen molar-refractivity contribution in [2.24, 2.45) is 0 Å². The second-order valence-corrected chi connectivity index (χ2v) is 16.8. The number of aliphatic carboxylic acids is 1. The highest BCUT2D eigenvalue weighted by Crippen LogP contribution is 2.40. The maximum atomic E-state index is 13.1. The van der Waals surface area contributed by atoms with Crippen LogP contribution in [0.3, 0.4) is 0 Å². The molecule has 18 N–H and O–H groups in total. The number of ether oxygens (including phenoxy) is 9. The van der Waals surface area contributed by atoms with E-state index in [0.29, 0.717) is 0 Å². The van der Waals surface area contributed by atoms with Crippen molar-refractivity contribution in [1.29, 1.82) is 0 Å². The summed E-state index contributed by atoms with van der Waals surface area (Å²) in [6.45, 7) is -1.07. The molecule has 67 heavy (non-hydrogen) atoms. The molecule has 5 aliphatic rings. The molecule has 0 spiro atoms.